The molecule has 5 heterocycles. The van der Waals surface area contributed by atoms with Crippen molar-refractivity contribution in [1.82, 2.24) is 14.5 Å². The fourth-order valence-electron chi connectivity index (χ4n) is 7.42. The van der Waals surface area contributed by atoms with Crippen molar-refractivity contribution in [2.75, 3.05) is 39.1 Å². The minimum Gasteiger partial charge on any atom is -0.494 e. The molecule has 4 aromatic rings. The van der Waals surface area contributed by atoms with E-state index in [4.69, 9.17) is 34.3 Å². The highest BCUT2D eigenvalue weighted by atomic mass is 16.6. The van der Waals surface area contributed by atoms with Gasteiger partial charge in [-0.05, 0) is 68.0 Å². The summed E-state index contributed by atoms with van der Waals surface area (Å²) in [4.78, 5) is 46.1. The molecular formula is C40H45BN4O8. The van der Waals surface area contributed by atoms with Crippen LogP contribution in [0, 0.1) is 0 Å². The topological polar surface area (TPSA) is 144 Å². The molecule has 7 rings (SSSR count). The smallest absolute Gasteiger partial charge is 0.338 e. The summed E-state index contributed by atoms with van der Waals surface area (Å²) in [5.41, 5.74) is 13.3. The molecule has 1 amide bonds. The number of likely N-dealkylation sites (tertiary alicyclic amines) is 1. The molecule has 0 aliphatic carbocycles. The van der Waals surface area contributed by atoms with Gasteiger partial charge >= 0.3 is 5.97 Å². The number of carbonyl (C=O) groups is 2. The summed E-state index contributed by atoms with van der Waals surface area (Å²) in [6, 6.07) is 11.1. The number of pyridine rings is 2. The van der Waals surface area contributed by atoms with Gasteiger partial charge in [0.15, 0.2) is 17.6 Å². The molecule has 3 aliphatic rings. The fraction of sp³-hybridized carbons (Fsp3) is 0.400. The van der Waals surface area contributed by atoms with Crippen molar-refractivity contribution >= 4 is 35.4 Å². The molecule has 1 saturated heterocycles. The van der Waals surface area contributed by atoms with Crippen LogP contribution in [0.4, 0.5) is 5.69 Å². The Balaban J connectivity index is 0.976. The molecule has 53 heavy (non-hydrogen) atoms. The van der Waals surface area contributed by atoms with Gasteiger partial charge in [0.2, 0.25) is 0 Å². The van der Waals surface area contributed by atoms with Crippen LogP contribution >= 0.6 is 0 Å². The number of ether oxygens (including phenoxy) is 4. The first-order valence-electron chi connectivity index (χ1n) is 18.3. The van der Waals surface area contributed by atoms with Crippen molar-refractivity contribution in [2.24, 2.45) is 0 Å². The molecule has 3 aliphatic heterocycles. The van der Waals surface area contributed by atoms with Crippen LogP contribution in [-0.4, -0.2) is 66.7 Å². The summed E-state index contributed by atoms with van der Waals surface area (Å²) >= 11 is 0. The molecule has 276 valence electrons. The van der Waals surface area contributed by atoms with E-state index in [1.165, 1.54) is 0 Å². The number of hydrogen-bond acceptors (Lipinski definition) is 10. The number of rotatable bonds is 13. The van der Waals surface area contributed by atoms with Crippen molar-refractivity contribution < 1.29 is 33.2 Å². The highest BCUT2D eigenvalue weighted by Gasteiger charge is 2.37. The minimum atomic E-state index is -0.945. The van der Waals surface area contributed by atoms with E-state index in [0.29, 0.717) is 72.4 Å². The standard InChI is InChI=1S/C40H45BN4O8/c1-6-25-26-16-24(50-14-8-7-9-15-51-35-19-31(42)28(18-34(35)49-5)38(46)44-13-12-23(2)20-44)10-11-32(26)43-36-29(25)21-45-33(36)17-27-30(39(45)47)22-52-40(48)37(27)53-41(3)4/h10-11,16-19,37H,2,6-9,12-15,20-22,42H2,1,3-5H3. The Morgan fingerprint density at radius 2 is 1.83 bits per heavy atom. The van der Waals surface area contributed by atoms with E-state index in [1.807, 2.05) is 37.9 Å². The number of amides is 1. The lowest BCUT2D eigenvalue weighted by atomic mass is 9.74. The van der Waals surface area contributed by atoms with Crippen molar-refractivity contribution in [3.05, 3.63) is 86.7 Å². The Morgan fingerprint density at radius 1 is 1.04 bits per heavy atom. The molecule has 12 nitrogen and oxygen atoms in total. The predicted molar refractivity (Wildman–Crippen MR) is 203 cm³/mol. The van der Waals surface area contributed by atoms with Gasteiger partial charge in [-0.2, -0.15) is 0 Å². The average molecular weight is 721 g/mol. The molecule has 1 unspecified atom stereocenters. The first kappa shape index (κ1) is 36.1. The number of benzene rings is 2. The molecule has 2 aromatic heterocycles. The second kappa shape index (κ2) is 15.0. The number of aryl methyl sites for hydroxylation is 1. The lowest BCUT2D eigenvalue weighted by Crippen LogP contribution is -2.35. The fourth-order valence-corrected chi connectivity index (χ4v) is 7.42. The largest absolute Gasteiger partial charge is 0.494 e. The number of hydrogen-bond donors (Lipinski definition) is 1. The van der Waals surface area contributed by atoms with E-state index < -0.39 is 12.1 Å². The normalized spacial score (nSPS) is 15.9. The maximum absolute atomic E-state index is 13.7. The molecule has 2 aromatic carbocycles. The molecule has 2 N–H and O–H groups in total. The van der Waals surface area contributed by atoms with Crippen molar-refractivity contribution in [3.63, 3.8) is 0 Å². The van der Waals surface area contributed by atoms with Crippen LogP contribution in [0.15, 0.2) is 53.3 Å². The highest BCUT2D eigenvalue weighted by molar-refractivity contribution is 6.48. The zero-order valence-corrected chi connectivity index (χ0v) is 30.8. The van der Waals surface area contributed by atoms with Gasteiger partial charge in [0.05, 0.1) is 54.9 Å². The van der Waals surface area contributed by atoms with Crippen LogP contribution in [0.1, 0.15) is 71.3 Å². The molecule has 0 bridgehead atoms. The molecule has 0 radical (unpaired) electrons. The molecule has 0 spiro atoms. The zero-order valence-electron chi connectivity index (χ0n) is 30.8. The van der Waals surface area contributed by atoms with Crippen LogP contribution in [0.2, 0.25) is 13.6 Å². The van der Waals surface area contributed by atoms with E-state index in [2.05, 4.69) is 13.5 Å². The number of nitrogens with two attached hydrogens (primary N) is 1. The lowest BCUT2D eigenvalue weighted by Gasteiger charge is -2.26. The van der Waals surface area contributed by atoms with E-state index in [0.717, 1.165) is 71.2 Å². The molecular weight excluding hydrogens is 675 g/mol. The summed E-state index contributed by atoms with van der Waals surface area (Å²) in [6.45, 7) is 12.1. The number of esters is 1. The number of methoxy groups -OCH3 is 1. The second-order valence-corrected chi connectivity index (χ2v) is 14.1. The monoisotopic (exact) mass is 720 g/mol. The van der Waals surface area contributed by atoms with Gasteiger partial charge in [-0.25, -0.2) is 9.78 Å². The molecule has 1 atom stereocenters. The number of anilines is 1. The summed E-state index contributed by atoms with van der Waals surface area (Å²) in [5.74, 6) is 1.12. The number of unbranched alkanes of at least 4 members (excludes halogenated alkanes) is 2. The number of cyclic esters (lactones) is 1. The number of nitrogen functional groups attached to an aromatic ring is 1. The van der Waals surface area contributed by atoms with Gasteiger partial charge in [0.25, 0.3) is 18.4 Å². The van der Waals surface area contributed by atoms with Gasteiger partial charge < -0.3 is 38.8 Å². The minimum absolute atomic E-state index is 0.0667. The Hall–Kier alpha value is -5.30. The first-order valence-corrected chi connectivity index (χ1v) is 18.3. The average Bonchev–Trinajstić information content (AvgIpc) is 3.74. The van der Waals surface area contributed by atoms with Crippen LogP contribution < -0.4 is 25.5 Å². The van der Waals surface area contributed by atoms with E-state index >= 15 is 0 Å². The summed E-state index contributed by atoms with van der Waals surface area (Å²) in [5, 5.41) is 0.995. The Bertz CT molecular complexity index is 2180. The second-order valence-electron chi connectivity index (χ2n) is 14.1. The lowest BCUT2D eigenvalue weighted by molar-refractivity contribution is -0.156. The van der Waals surface area contributed by atoms with Crippen LogP contribution in [0.25, 0.3) is 22.3 Å². The molecule has 1 fully saturated rings. The summed E-state index contributed by atoms with van der Waals surface area (Å²) in [7, 11) is 1.55. The van der Waals surface area contributed by atoms with E-state index in [-0.39, 0.29) is 25.0 Å². The quantitative estimate of drug-likeness (QED) is 0.0508. The van der Waals surface area contributed by atoms with E-state index in [1.54, 1.807) is 28.7 Å². The van der Waals surface area contributed by atoms with Gasteiger partial charge in [-0.1, -0.05) is 32.7 Å². The van der Waals surface area contributed by atoms with Crippen LogP contribution in [0.5, 0.6) is 17.2 Å². The molecule has 13 heteroatoms. The van der Waals surface area contributed by atoms with Crippen LogP contribution in [0.3, 0.4) is 0 Å². The number of nitrogens with zero attached hydrogens (tertiary/aromatic N) is 3. The van der Waals surface area contributed by atoms with Crippen LogP contribution in [-0.2, 0) is 33.8 Å². The predicted octanol–water partition coefficient (Wildman–Crippen LogP) is 5.97. The van der Waals surface area contributed by atoms with Crippen molar-refractivity contribution in [3.8, 4) is 28.6 Å². The Labute approximate surface area is 308 Å². The highest BCUT2D eigenvalue weighted by Crippen LogP contribution is 2.40. The summed E-state index contributed by atoms with van der Waals surface area (Å²) < 4.78 is 30.7. The van der Waals surface area contributed by atoms with Gasteiger partial charge in [-0.3, -0.25) is 9.59 Å². The number of carbonyl (C=O) groups excluding carboxylic acids is 2. The van der Waals surface area contributed by atoms with Crippen molar-refractivity contribution in [2.45, 2.75) is 71.9 Å². The number of fused-ring (bicyclic) bond motifs is 5. The Morgan fingerprint density at radius 3 is 2.55 bits per heavy atom. The van der Waals surface area contributed by atoms with Gasteiger partial charge in [-0.15, -0.1) is 0 Å². The summed E-state index contributed by atoms with van der Waals surface area (Å²) in [6.07, 6.45) is 3.11. The molecule has 0 saturated carbocycles. The third-order valence-corrected chi connectivity index (χ3v) is 10.1. The first-order chi connectivity index (χ1) is 25.6. The third-order valence-electron chi connectivity index (χ3n) is 10.1. The Kier molecular flexibility index (Phi) is 10.2. The van der Waals surface area contributed by atoms with E-state index in [9.17, 15) is 14.4 Å². The number of aromatic nitrogens is 2. The SMILES string of the molecule is C=C1CCN(C(=O)c2cc(OC)c(OCCCCCOc3ccc4nc5c(c(CC)c4c3)Cn3c-5cc4c(c3=O)COC(=O)C4OB(C)C)cc2N)C1. The van der Waals surface area contributed by atoms with Gasteiger partial charge in [0.1, 0.15) is 12.4 Å². The maximum Gasteiger partial charge on any atom is 0.338 e. The van der Waals surface area contributed by atoms with Gasteiger partial charge in [0, 0.05) is 41.4 Å². The third kappa shape index (κ3) is 6.97. The zero-order chi connectivity index (χ0) is 37.4. The van der Waals surface area contributed by atoms with Crippen molar-refractivity contribution in [1.29, 1.82) is 0 Å². The maximum atomic E-state index is 13.7.